The smallest absolute Gasteiger partial charge is 0.303 e. The summed E-state index contributed by atoms with van der Waals surface area (Å²) in [7, 11) is 0. The lowest BCUT2D eigenvalue weighted by Crippen LogP contribution is -2.29. The third-order valence-corrected chi connectivity index (χ3v) is 5.10. The number of carbonyl (C=O) groups is 2. The molecule has 1 aliphatic rings. The number of rotatable bonds is 5. The number of carbonyl (C=O) groups excluding carboxylic acids is 1. The Morgan fingerprint density at radius 3 is 2.71 bits per heavy atom. The fourth-order valence-corrected chi connectivity index (χ4v) is 3.84. The highest BCUT2D eigenvalue weighted by Gasteiger charge is 2.31. The molecule has 0 atom stereocenters. The highest BCUT2D eigenvalue weighted by molar-refractivity contribution is 8.26. The Hall–Kier alpha value is -2.18. The van der Waals surface area contributed by atoms with Gasteiger partial charge in [-0.25, -0.2) is 0 Å². The topological polar surface area (TPSA) is 57.6 Å². The lowest BCUT2D eigenvalue weighted by atomic mass is 10.1. The number of benzene rings is 2. The van der Waals surface area contributed by atoms with E-state index in [1.165, 1.54) is 16.7 Å². The van der Waals surface area contributed by atoms with Crippen molar-refractivity contribution in [3.63, 3.8) is 0 Å². The maximum Gasteiger partial charge on any atom is 0.303 e. The number of thiocarbonyl (C=S) groups is 1. The van der Waals surface area contributed by atoms with Crippen molar-refractivity contribution in [2.75, 3.05) is 6.54 Å². The second-order valence-electron chi connectivity index (χ2n) is 5.44. The molecule has 1 fully saturated rings. The molecular formula is C18H15NO3S2. The Kier molecular flexibility index (Phi) is 4.97. The van der Waals surface area contributed by atoms with Crippen LogP contribution in [0.4, 0.5) is 0 Å². The average Bonchev–Trinajstić information content (AvgIpc) is 2.82. The summed E-state index contributed by atoms with van der Waals surface area (Å²) in [5.74, 6) is -1.02. The van der Waals surface area contributed by atoms with Crippen LogP contribution in [0.3, 0.4) is 0 Å². The summed E-state index contributed by atoms with van der Waals surface area (Å²) in [6.45, 7) is 0.339. The van der Waals surface area contributed by atoms with Crippen LogP contribution in [0, 0.1) is 0 Å². The van der Waals surface area contributed by atoms with Crippen LogP contribution in [0.1, 0.15) is 18.4 Å². The van der Waals surface area contributed by atoms with E-state index in [2.05, 4.69) is 0 Å². The van der Waals surface area contributed by atoms with Gasteiger partial charge in [-0.1, -0.05) is 60.4 Å². The SMILES string of the molecule is O=C(O)CCCN1C(=O)/C(=C/c2ccc3ccccc3c2)SC1=S. The zero-order valence-corrected chi connectivity index (χ0v) is 14.4. The molecule has 6 heteroatoms. The van der Waals surface area contributed by atoms with E-state index >= 15 is 0 Å². The van der Waals surface area contributed by atoms with Gasteiger partial charge in [0.2, 0.25) is 0 Å². The minimum atomic E-state index is -0.868. The molecule has 3 rings (SSSR count). The van der Waals surface area contributed by atoms with E-state index in [-0.39, 0.29) is 12.3 Å². The molecule has 1 N–H and O–H groups in total. The molecule has 0 aliphatic carbocycles. The van der Waals surface area contributed by atoms with Crippen LogP contribution < -0.4 is 0 Å². The van der Waals surface area contributed by atoms with Gasteiger partial charge in [-0.05, 0) is 34.9 Å². The second-order valence-corrected chi connectivity index (χ2v) is 7.11. The van der Waals surface area contributed by atoms with E-state index in [4.69, 9.17) is 17.3 Å². The number of carboxylic acid groups (broad SMARTS) is 1. The van der Waals surface area contributed by atoms with Crippen molar-refractivity contribution in [2.45, 2.75) is 12.8 Å². The molecule has 2 aromatic rings. The standard InChI is InChI=1S/C18H15NO3S2/c20-16(21)6-3-9-19-17(22)15(24-18(19)23)11-12-7-8-13-4-1-2-5-14(13)10-12/h1-2,4-5,7-8,10-11H,3,6,9H2,(H,20,21)/b15-11-. The number of carboxylic acids is 1. The van der Waals surface area contributed by atoms with Gasteiger partial charge in [0, 0.05) is 13.0 Å². The van der Waals surface area contributed by atoms with E-state index in [1.807, 2.05) is 48.5 Å². The Bertz CT molecular complexity index is 860. The fourth-order valence-electron chi connectivity index (χ4n) is 2.53. The first-order valence-electron chi connectivity index (χ1n) is 7.50. The maximum atomic E-state index is 12.5. The van der Waals surface area contributed by atoms with Gasteiger partial charge >= 0.3 is 5.97 Å². The van der Waals surface area contributed by atoms with E-state index in [0.717, 1.165) is 16.3 Å². The third-order valence-electron chi connectivity index (χ3n) is 3.72. The monoisotopic (exact) mass is 357 g/mol. The van der Waals surface area contributed by atoms with Crippen molar-refractivity contribution < 1.29 is 14.7 Å². The minimum absolute atomic E-state index is 0.0286. The van der Waals surface area contributed by atoms with Crippen LogP contribution in [0.25, 0.3) is 16.8 Å². The molecule has 0 saturated carbocycles. The van der Waals surface area contributed by atoms with Crippen molar-refractivity contribution in [2.24, 2.45) is 0 Å². The van der Waals surface area contributed by atoms with E-state index < -0.39 is 5.97 Å². The van der Waals surface area contributed by atoms with Crippen LogP contribution in [0.5, 0.6) is 0 Å². The highest BCUT2D eigenvalue weighted by atomic mass is 32.2. The van der Waals surface area contributed by atoms with Crippen LogP contribution in [-0.2, 0) is 9.59 Å². The van der Waals surface area contributed by atoms with Crippen molar-refractivity contribution >= 4 is 57.0 Å². The van der Waals surface area contributed by atoms with Crippen LogP contribution in [-0.4, -0.2) is 32.7 Å². The fraction of sp³-hybridized carbons (Fsp3) is 0.167. The molecule has 0 radical (unpaired) electrons. The summed E-state index contributed by atoms with van der Waals surface area (Å²) in [5, 5.41) is 11.0. The molecule has 0 spiro atoms. The lowest BCUT2D eigenvalue weighted by Gasteiger charge is -2.13. The normalized spacial score (nSPS) is 16.3. The quantitative estimate of drug-likeness (QED) is 0.649. The van der Waals surface area contributed by atoms with Crippen molar-refractivity contribution in [3.8, 4) is 0 Å². The Morgan fingerprint density at radius 1 is 1.21 bits per heavy atom. The molecule has 122 valence electrons. The molecule has 2 aromatic carbocycles. The Balaban J connectivity index is 1.78. The van der Waals surface area contributed by atoms with Crippen molar-refractivity contribution in [3.05, 3.63) is 52.9 Å². The van der Waals surface area contributed by atoms with E-state index in [1.54, 1.807) is 0 Å². The van der Waals surface area contributed by atoms with Gasteiger partial charge in [0.15, 0.2) is 0 Å². The van der Waals surface area contributed by atoms with Gasteiger partial charge in [0.25, 0.3) is 5.91 Å². The van der Waals surface area contributed by atoms with Gasteiger partial charge < -0.3 is 5.11 Å². The number of hydrogen-bond donors (Lipinski definition) is 1. The largest absolute Gasteiger partial charge is 0.481 e. The molecule has 0 unspecified atom stereocenters. The second kappa shape index (κ2) is 7.15. The molecule has 1 heterocycles. The molecular weight excluding hydrogens is 342 g/mol. The highest BCUT2D eigenvalue weighted by Crippen LogP contribution is 2.33. The molecule has 1 saturated heterocycles. The molecule has 4 nitrogen and oxygen atoms in total. The number of thioether (sulfide) groups is 1. The summed E-state index contributed by atoms with van der Waals surface area (Å²) in [6, 6.07) is 14.1. The Labute approximate surface area is 149 Å². The van der Waals surface area contributed by atoms with Crippen LogP contribution >= 0.6 is 24.0 Å². The first kappa shape index (κ1) is 16.7. The summed E-state index contributed by atoms with van der Waals surface area (Å²) in [4.78, 5) is 25.1. The summed E-state index contributed by atoms with van der Waals surface area (Å²) >= 11 is 6.51. The first-order chi connectivity index (χ1) is 11.5. The van der Waals surface area contributed by atoms with Gasteiger partial charge in [-0.3, -0.25) is 14.5 Å². The molecule has 0 aromatic heterocycles. The molecule has 24 heavy (non-hydrogen) atoms. The van der Waals surface area contributed by atoms with Crippen LogP contribution in [0.15, 0.2) is 47.4 Å². The van der Waals surface area contributed by atoms with E-state index in [0.29, 0.717) is 22.2 Å². The van der Waals surface area contributed by atoms with Gasteiger partial charge in [-0.2, -0.15) is 0 Å². The number of amides is 1. The molecule has 0 bridgehead atoms. The summed E-state index contributed by atoms with van der Waals surface area (Å²) < 4.78 is 0.484. The van der Waals surface area contributed by atoms with Gasteiger partial charge in [0.05, 0.1) is 4.91 Å². The van der Waals surface area contributed by atoms with Gasteiger partial charge in [0.1, 0.15) is 4.32 Å². The number of fused-ring (bicyclic) bond motifs is 1. The van der Waals surface area contributed by atoms with Crippen LogP contribution in [0.2, 0.25) is 0 Å². The molecule has 1 amide bonds. The number of aliphatic carboxylic acids is 1. The first-order valence-corrected chi connectivity index (χ1v) is 8.73. The van der Waals surface area contributed by atoms with Gasteiger partial charge in [-0.15, -0.1) is 0 Å². The molecule has 1 aliphatic heterocycles. The third kappa shape index (κ3) is 3.66. The minimum Gasteiger partial charge on any atom is -0.481 e. The van der Waals surface area contributed by atoms with Crippen molar-refractivity contribution in [1.29, 1.82) is 0 Å². The number of hydrogen-bond acceptors (Lipinski definition) is 4. The average molecular weight is 357 g/mol. The van der Waals surface area contributed by atoms with E-state index in [9.17, 15) is 9.59 Å². The zero-order chi connectivity index (χ0) is 17.1. The predicted octanol–water partition coefficient (Wildman–Crippen LogP) is 3.91. The van der Waals surface area contributed by atoms with Crippen molar-refractivity contribution in [1.82, 2.24) is 4.90 Å². The lowest BCUT2D eigenvalue weighted by molar-refractivity contribution is -0.137. The predicted molar refractivity (Wildman–Crippen MR) is 101 cm³/mol. The Morgan fingerprint density at radius 2 is 1.96 bits per heavy atom. The summed E-state index contributed by atoms with van der Waals surface area (Å²) in [5.41, 5.74) is 0.944. The zero-order valence-electron chi connectivity index (χ0n) is 12.8. The summed E-state index contributed by atoms with van der Waals surface area (Å²) in [6.07, 6.45) is 2.26. The maximum absolute atomic E-state index is 12.5. The number of nitrogens with zero attached hydrogens (tertiary/aromatic N) is 1.